The van der Waals surface area contributed by atoms with E-state index in [1.165, 1.54) is 6.20 Å². The van der Waals surface area contributed by atoms with Crippen LogP contribution >= 0.6 is 0 Å². The van der Waals surface area contributed by atoms with Crippen LogP contribution in [0.5, 0.6) is 0 Å². The SMILES string of the molecule is CCNc1cccnc1N1CCN(C(=O)c2ccc(C(=O)N3CCN(C)CC3)cn2)CC1. The van der Waals surface area contributed by atoms with E-state index in [9.17, 15) is 9.59 Å². The van der Waals surface area contributed by atoms with E-state index in [2.05, 4.69) is 39.1 Å². The van der Waals surface area contributed by atoms with Crippen LogP contribution in [0.2, 0.25) is 0 Å². The Morgan fingerprint density at radius 3 is 2.25 bits per heavy atom. The van der Waals surface area contributed by atoms with Crippen LogP contribution in [0, 0.1) is 0 Å². The molecule has 32 heavy (non-hydrogen) atoms. The molecule has 2 amide bonds. The van der Waals surface area contributed by atoms with Gasteiger partial charge in [-0.1, -0.05) is 0 Å². The number of aromatic nitrogens is 2. The maximum Gasteiger partial charge on any atom is 0.272 e. The number of nitrogens with one attached hydrogen (secondary N) is 1. The van der Waals surface area contributed by atoms with E-state index in [0.29, 0.717) is 50.5 Å². The molecule has 0 atom stereocenters. The number of likely N-dealkylation sites (N-methyl/N-ethyl adjacent to an activating group) is 1. The smallest absolute Gasteiger partial charge is 0.272 e. The van der Waals surface area contributed by atoms with Gasteiger partial charge in [-0.3, -0.25) is 14.6 Å². The minimum absolute atomic E-state index is 0.0231. The lowest BCUT2D eigenvalue weighted by molar-refractivity contribution is 0.0661. The lowest BCUT2D eigenvalue weighted by Gasteiger charge is -2.36. The predicted molar refractivity (Wildman–Crippen MR) is 124 cm³/mol. The average Bonchev–Trinajstić information content (AvgIpc) is 2.84. The van der Waals surface area contributed by atoms with Crippen molar-refractivity contribution < 1.29 is 9.59 Å². The summed E-state index contributed by atoms with van der Waals surface area (Å²) in [4.78, 5) is 42.5. The summed E-state index contributed by atoms with van der Waals surface area (Å²) in [5.74, 6) is 0.799. The number of pyridine rings is 2. The first-order valence-electron chi connectivity index (χ1n) is 11.2. The molecule has 0 spiro atoms. The Morgan fingerprint density at radius 2 is 1.59 bits per heavy atom. The van der Waals surface area contributed by atoms with Crippen molar-refractivity contribution >= 4 is 23.3 Å². The molecule has 2 aromatic rings. The molecule has 9 nitrogen and oxygen atoms in total. The number of carbonyl (C=O) groups is 2. The minimum Gasteiger partial charge on any atom is -0.382 e. The highest BCUT2D eigenvalue weighted by Crippen LogP contribution is 2.24. The highest BCUT2D eigenvalue weighted by atomic mass is 16.2. The van der Waals surface area contributed by atoms with Crippen molar-refractivity contribution in [1.29, 1.82) is 0 Å². The van der Waals surface area contributed by atoms with Gasteiger partial charge in [0.25, 0.3) is 11.8 Å². The predicted octanol–water partition coefficient (Wildman–Crippen LogP) is 1.26. The third kappa shape index (κ3) is 4.83. The number of hydrogen-bond donors (Lipinski definition) is 1. The standard InChI is InChI=1S/C23H31N7O2/c1-3-24-19-5-4-8-25-21(19)28-13-15-30(16-14-28)23(32)20-7-6-18(17-26-20)22(31)29-11-9-27(2)10-12-29/h4-8,17,24H,3,9-16H2,1-2H3. The van der Waals surface area contributed by atoms with Crippen LogP contribution in [0.3, 0.4) is 0 Å². The van der Waals surface area contributed by atoms with Gasteiger partial charge in [-0.05, 0) is 38.2 Å². The molecule has 0 aliphatic carbocycles. The van der Waals surface area contributed by atoms with Gasteiger partial charge in [0.05, 0.1) is 11.3 Å². The van der Waals surface area contributed by atoms with E-state index < -0.39 is 0 Å². The van der Waals surface area contributed by atoms with Crippen molar-refractivity contribution in [3.8, 4) is 0 Å². The van der Waals surface area contributed by atoms with Crippen molar-refractivity contribution in [2.75, 3.05) is 76.2 Å². The Balaban J connectivity index is 1.35. The van der Waals surface area contributed by atoms with Crippen LogP contribution in [0.1, 0.15) is 27.8 Å². The van der Waals surface area contributed by atoms with Crippen LogP contribution in [-0.2, 0) is 0 Å². The van der Waals surface area contributed by atoms with Gasteiger partial charge in [-0.15, -0.1) is 0 Å². The molecule has 2 saturated heterocycles. The Kier molecular flexibility index (Phi) is 6.84. The Bertz CT molecular complexity index is 934. The van der Waals surface area contributed by atoms with Crippen LogP contribution in [0.25, 0.3) is 0 Å². The summed E-state index contributed by atoms with van der Waals surface area (Å²) in [6, 6.07) is 7.33. The molecule has 1 N–H and O–H groups in total. The summed E-state index contributed by atoms with van der Waals surface area (Å²) in [7, 11) is 2.06. The van der Waals surface area contributed by atoms with Gasteiger partial charge in [0.2, 0.25) is 0 Å². The maximum absolute atomic E-state index is 12.9. The van der Waals surface area contributed by atoms with Gasteiger partial charge >= 0.3 is 0 Å². The first-order valence-corrected chi connectivity index (χ1v) is 11.2. The molecule has 0 saturated carbocycles. The molecule has 2 fully saturated rings. The van der Waals surface area contributed by atoms with Gasteiger partial charge in [-0.2, -0.15) is 0 Å². The van der Waals surface area contributed by atoms with Gasteiger partial charge in [0, 0.05) is 71.3 Å². The van der Waals surface area contributed by atoms with Gasteiger partial charge in [0.1, 0.15) is 5.69 Å². The summed E-state index contributed by atoms with van der Waals surface area (Å²) in [5.41, 5.74) is 1.92. The summed E-state index contributed by atoms with van der Waals surface area (Å²) < 4.78 is 0. The van der Waals surface area contributed by atoms with Crippen LogP contribution < -0.4 is 10.2 Å². The molecule has 0 bridgehead atoms. The minimum atomic E-state index is -0.101. The molecular formula is C23H31N7O2. The van der Waals surface area contributed by atoms with Crippen LogP contribution in [0.4, 0.5) is 11.5 Å². The lowest BCUT2D eigenvalue weighted by atomic mass is 10.2. The van der Waals surface area contributed by atoms with Crippen molar-refractivity contribution in [1.82, 2.24) is 24.7 Å². The quantitative estimate of drug-likeness (QED) is 0.754. The number of amides is 2. The molecule has 170 valence electrons. The molecule has 0 unspecified atom stereocenters. The normalized spacial score (nSPS) is 17.4. The molecule has 9 heteroatoms. The van der Waals surface area contributed by atoms with Crippen LogP contribution in [0.15, 0.2) is 36.7 Å². The molecule has 2 aliphatic heterocycles. The number of rotatable bonds is 5. The zero-order chi connectivity index (χ0) is 22.5. The fourth-order valence-electron chi connectivity index (χ4n) is 4.10. The monoisotopic (exact) mass is 437 g/mol. The van der Waals surface area contributed by atoms with Crippen LogP contribution in [-0.4, -0.2) is 102 Å². The average molecular weight is 438 g/mol. The highest BCUT2D eigenvalue weighted by Gasteiger charge is 2.26. The Morgan fingerprint density at radius 1 is 0.906 bits per heavy atom. The fourth-order valence-corrected chi connectivity index (χ4v) is 4.10. The van der Waals surface area contributed by atoms with E-state index in [-0.39, 0.29) is 11.8 Å². The summed E-state index contributed by atoms with van der Waals surface area (Å²) in [5, 5.41) is 3.35. The zero-order valence-corrected chi connectivity index (χ0v) is 18.8. The topological polar surface area (TPSA) is 84.9 Å². The molecule has 0 radical (unpaired) electrons. The first-order chi connectivity index (χ1) is 15.6. The van der Waals surface area contributed by atoms with Gasteiger partial charge in [-0.25, -0.2) is 4.98 Å². The zero-order valence-electron chi connectivity index (χ0n) is 18.8. The molecular weight excluding hydrogens is 406 g/mol. The fraction of sp³-hybridized carbons (Fsp3) is 0.478. The van der Waals surface area contributed by atoms with Gasteiger partial charge < -0.3 is 24.9 Å². The second-order valence-electron chi connectivity index (χ2n) is 8.21. The largest absolute Gasteiger partial charge is 0.382 e. The van der Waals surface area contributed by atoms with E-state index >= 15 is 0 Å². The molecule has 2 aromatic heterocycles. The number of piperazine rings is 2. The molecule has 0 aromatic carbocycles. The van der Waals surface area contributed by atoms with Crippen molar-refractivity contribution in [2.45, 2.75) is 6.92 Å². The molecule has 2 aliphatic rings. The van der Waals surface area contributed by atoms with E-state index in [1.54, 1.807) is 18.3 Å². The second kappa shape index (κ2) is 9.95. The number of nitrogens with zero attached hydrogens (tertiary/aromatic N) is 6. The highest BCUT2D eigenvalue weighted by molar-refractivity contribution is 5.96. The van der Waals surface area contributed by atoms with Crippen molar-refractivity contribution in [3.63, 3.8) is 0 Å². The maximum atomic E-state index is 12.9. The first kappa shape index (κ1) is 22.0. The van der Waals surface area contributed by atoms with E-state index in [0.717, 1.165) is 31.1 Å². The third-order valence-corrected chi connectivity index (χ3v) is 6.04. The number of hydrogen-bond acceptors (Lipinski definition) is 7. The van der Waals surface area contributed by atoms with Crippen molar-refractivity contribution in [2.24, 2.45) is 0 Å². The third-order valence-electron chi connectivity index (χ3n) is 6.04. The van der Waals surface area contributed by atoms with Crippen molar-refractivity contribution in [3.05, 3.63) is 47.9 Å². The van der Waals surface area contributed by atoms with E-state index in [4.69, 9.17) is 0 Å². The lowest BCUT2D eigenvalue weighted by Crippen LogP contribution is -2.49. The second-order valence-corrected chi connectivity index (χ2v) is 8.21. The number of carbonyl (C=O) groups excluding carboxylic acids is 2. The Hall–Kier alpha value is -3.20. The Labute approximate surface area is 189 Å². The molecule has 4 rings (SSSR count). The summed E-state index contributed by atoms with van der Waals surface area (Å²) in [6.45, 7) is 8.68. The number of anilines is 2. The van der Waals surface area contributed by atoms with E-state index in [1.807, 2.05) is 21.9 Å². The summed E-state index contributed by atoms with van der Waals surface area (Å²) in [6.07, 6.45) is 3.32. The van der Waals surface area contributed by atoms with Gasteiger partial charge in [0.15, 0.2) is 5.82 Å². The molecule has 4 heterocycles. The summed E-state index contributed by atoms with van der Waals surface area (Å²) >= 11 is 0.